The van der Waals surface area contributed by atoms with Crippen LogP contribution in [0.1, 0.15) is 10.6 Å². The third kappa shape index (κ3) is 2.46. The number of amides is 1. The van der Waals surface area contributed by atoms with Crippen molar-refractivity contribution >= 4 is 29.1 Å². The van der Waals surface area contributed by atoms with Gasteiger partial charge in [0.2, 0.25) is 0 Å². The molecule has 2 aromatic rings. The molecule has 0 atom stereocenters. The summed E-state index contributed by atoms with van der Waals surface area (Å²) in [5.74, 6) is 0.462. The van der Waals surface area contributed by atoms with Crippen molar-refractivity contribution in [2.45, 2.75) is 0 Å². The van der Waals surface area contributed by atoms with E-state index in [2.05, 4.69) is 5.32 Å². The predicted octanol–water partition coefficient (Wildman–Crippen LogP) is 3.61. The molecule has 0 saturated heterocycles. The van der Waals surface area contributed by atoms with Crippen LogP contribution in [0, 0.1) is 0 Å². The van der Waals surface area contributed by atoms with Crippen molar-refractivity contribution in [1.29, 1.82) is 0 Å². The normalized spacial score (nSPS) is 10.3. The smallest absolute Gasteiger partial charge is 0.286 e. The molecule has 0 radical (unpaired) electrons. The minimum absolute atomic E-state index is 0.235. The molecular weight excluding hydrogens is 261 g/mol. The molecule has 0 aliphatic rings. The molecule has 1 aromatic carbocycles. The molecule has 88 valence electrons. The standard InChI is InChI=1S/C12H9Cl2NO2/c1-15-12(16)11-5-4-10(17-11)8-6-7(13)2-3-9(8)14/h2-6H,1H3,(H,15,16). The summed E-state index contributed by atoms with van der Waals surface area (Å²) in [4.78, 5) is 11.3. The van der Waals surface area contributed by atoms with Gasteiger partial charge in [0.15, 0.2) is 5.76 Å². The number of hydrogen-bond donors (Lipinski definition) is 1. The maximum Gasteiger partial charge on any atom is 0.286 e. The van der Waals surface area contributed by atoms with E-state index < -0.39 is 0 Å². The number of furan rings is 1. The van der Waals surface area contributed by atoms with Gasteiger partial charge in [0, 0.05) is 17.6 Å². The Morgan fingerprint density at radius 1 is 1.24 bits per heavy atom. The summed E-state index contributed by atoms with van der Waals surface area (Å²) in [6, 6.07) is 8.33. The highest BCUT2D eigenvalue weighted by Crippen LogP contribution is 2.31. The maximum atomic E-state index is 11.3. The number of carbonyl (C=O) groups excluding carboxylic acids is 1. The van der Waals surface area contributed by atoms with Gasteiger partial charge in [-0.05, 0) is 30.3 Å². The van der Waals surface area contributed by atoms with Crippen LogP contribution >= 0.6 is 23.2 Å². The molecule has 17 heavy (non-hydrogen) atoms. The quantitative estimate of drug-likeness (QED) is 0.905. The van der Waals surface area contributed by atoms with Gasteiger partial charge in [0.25, 0.3) is 5.91 Å². The second kappa shape index (κ2) is 4.82. The van der Waals surface area contributed by atoms with E-state index in [1.54, 1.807) is 30.3 Å². The van der Waals surface area contributed by atoms with Gasteiger partial charge in [0.05, 0.1) is 5.02 Å². The van der Waals surface area contributed by atoms with E-state index in [9.17, 15) is 4.79 Å². The third-order valence-electron chi connectivity index (χ3n) is 2.25. The molecule has 1 amide bonds. The Balaban J connectivity index is 2.43. The van der Waals surface area contributed by atoms with Gasteiger partial charge in [-0.3, -0.25) is 4.79 Å². The predicted molar refractivity (Wildman–Crippen MR) is 67.6 cm³/mol. The molecule has 0 fully saturated rings. The molecule has 2 rings (SSSR count). The molecule has 1 heterocycles. The molecule has 0 saturated carbocycles. The Morgan fingerprint density at radius 3 is 2.71 bits per heavy atom. The Morgan fingerprint density at radius 2 is 2.00 bits per heavy atom. The van der Waals surface area contributed by atoms with Gasteiger partial charge >= 0.3 is 0 Å². The summed E-state index contributed by atoms with van der Waals surface area (Å²) in [5.41, 5.74) is 0.661. The minimum atomic E-state index is -0.283. The first-order valence-corrected chi connectivity index (χ1v) is 5.64. The SMILES string of the molecule is CNC(=O)c1ccc(-c2cc(Cl)ccc2Cl)o1. The van der Waals surface area contributed by atoms with E-state index in [1.807, 2.05) is 0 Å². The lowest BCUT2D eigenvalue weighted by Gasteiger charge is -2.01. The molecule has 0 spiro atoms. The number of carbonyl (C=O) groups is 1. The fraction of sp³-hybridized carbons (Fsp3) is 0.0833. The van der Waals surface area contributed by atoms with Gasteiger partial charge in [-0.2, -0.15) is 0 Å². The van der Waals surface area contributed by atoms with Crippen LogP contribution in [-0.4, -0.2) is 13.0 Å². The van der Waals surface area contributed by atoms with Crippen LogP contribution in [0.5, 0.6) is 0 Å². The highest BCUT2D eigenvalue weighted by atomic mass is 35.5. The van der Waals surface area contributed by atoms with Gasteiger partial charge < -0.3 is 9.73 Å². The van der Waals surface area contributed by atoms with Gasteiger partial charge in [-0.1, -0.05) is 23.2 Å². The highest BCUT2D eigenvalue weighted by Gasteiger charge is 2.12. The van der Waals surface area contributed by atoms with Crippen LogP contribution in [-0.2, 0) is 0 Å². The van der Waals surface area contributed by atoms with E-state index in [0.717, 1.165) is 0 Å². The molecule has 1 N–H and O–H groups in total. The molecule has 0 aliphatic heterocycles. The van der Waals surface area contributed by atoms with Crippen molar-refractivity contribution in [3.05, 3.63) is 46.1 Å². The summed E-state index contributed by atoms with van der Waals surface area (Å²) in [6.45, 7) is 0. The second-order valence-electron chi connectivity index (χ2n) is 3.37. The minimum Gasteiger partial charge on any atom is -0.451 e. The van der Waals surface area contributed by atoms with Crippen LogP contribution < -0.4 is 5.32 Å². The Hall–Kier alpha value is -1.45. The van der Waals surface area contributed by atoms with Gasteiger partial charge in [-0.25, -0.2) is 0 Å². The van der Waals surface area contributed by atoms with Crippen LogP contribution in [0.25, 0.3) is 11.3 Å². The molecule has 0 aliphatic carbocycles. The van der Waals surface area contributed by atoms with E-state index >= 15 is 0 Å². The maximum absolute atomic E-state index is 11.3. The first-order valence-electron chi connectivity index (χ1n) is 4.89. The summed E-state index contributed by atoms with van der Waals surface area (Å²) in [6.07, 6.45) is 0. The number of nitrogens with one attached hydrogen (secondary N) is 1. The first-order chi connectivity index (χ1) is 8.11. The summed E-state index contributed by atoms with van der Waals surface area (Å²) in [7, 11) is 1.54. The number of hydrogen-bond acceptors (Lipinski definition) is 2. The topological polar surface area (TPSA) is 42.2 Å². The summed E-state index contributed by atoms with van der Waals surface area (Å²) < 4.78 is 5.40. The molecule has 5 heteroatoms. The highest BCUT2D eigenvalue weighted by molar-refractivity contribution is 6.35. The fourth-order valence-electron chi connectivity index (χ4n) is 1.41. The second-order valence-corrected chi connectivity index (χ2v) is 4.21. The van der Waals surface area contributed by atoms with Crippen LogP contribution in [0.15, 0.2) is 34.7 Å². The van der Waals surface area contributed by atoms with Crippen molar-refractivity contribution in [3.8, 4) is 11.3 Å². The van der Waals surface area contributed by atoms with Crippen molar-refractivity contribution in [3.63, 3.8) is 0 Å². The first kappa shape index (κ1) is 12.0. The van der Waals surface area contributed by atoms with Crippen molar-refractivity contribution in [2.24, 2.45) is 0 Å². The lowest BCUT2D eigenvalue weighted by atomic mass is 10.2. The number of halogens is 2. The zero-order valence-corrected chi connectivity index (χ0v) is 10.5. The van der Waals surface area contributed by atoms with E-state index in [-0.39, 0.29) is 11.7 Å². The van der Waals surface area contributed by atoms with Crippen molar-refractivity contribution in [2.75, 3.05) is 7.05 Å². The average molecular weight is 270 g/mol. The summed E-state index contributed by atoms with van der Waals surface area (Å²) >= 11 is 11.9. The molecule has 3 nitrogen and oxygen atoms in total. The lowest BCUT2D eigenvalue weighted by Crippen LogP contribution is -2.16. The Labute approximate surface area is 108 Å². The summed E-state index contributed by atoms with van der Waals surface area (Å²) in [5, 5.41) is 3.56. The van der Waals surface area contributed by atoms with Crippen molar-refractivity contribution in [1.82, 2.24) is 5.32 Å². The molecule has 1 aromatic heterocycles. The largest absolute Gasteiger partial charge is 0.451 e. The fourth-order valence-corrected chi connectivity index (χ4v) is 1.80. The van der Waals surface area contributed by atoms with E-state index in [1.165, 1.54) is 7.05 Å². The van der Waals surface area contributed by atoms with E-state index in [4.69, 9.17) is 27.6 Å². The number of rotatable bonds is 2. The molecular formula is C12H9Cl2NO2. The monoisotopic (exact) mass is 269 g/mol. The van der Waals surface area contributed by atoms with Gasteiger partial charge in [-0.15, -0.1) is 0 Å². The van der Waals surface area contributed by atoms with Crippen LogP contribution in [0.3, 0.4) is 0 Å². The third-order valence-corrected chi connectivity index (χ3v) is 2.82. The zero-order valence-electron chi connectivity index (χ0n) is 8.96. The van der Waals surface area contributed by atoms with Crippen LogP contribution in [0.2, 0.25) is 10.0 Å². The Bertz CT molecular complexity index is 563. The number of benzene rings is 1. The van der Waals surface area contributed by atoms with Crippen molar-refractivity contribution < 1.29 is 9.21 Å². The average Bonchev–Trinajstić information content (AvgIpc) is 2.80. The van der Waals surface area contributed by atoms with Crippen LogP contribution in [0.4, 0.5) is 0 Å². The van der Waals surface area contributed by atoms with Gasteiger partial charge in [0.1, 0.15) is 5.76 Å². The Kier molecular flexibility index (Phi) is 3.41. The van der Waals surface area contributed by atoms with E-state index in [0.29, 0.717) is 21.4 Å². The molecule has 0 unspecified atom stereocenters. The lowest BCUT2D eigenvalue weighted by molar-refractivity contribution is 0.0936. The zero-order chi connectivity index (χ0) is 12.4. The molecule has 0 bridgehead atoms.